The minimum absolute atomic E-state index is 0.0396. The van der Waals surface area contributed by atoms with E-state index in [1.807, 2.05) is 42.5 Å². The van der Waals surface area contributed by atoms with Crippen LogP contribution in [-0.2, 0) is 17.6 Å². The average Bonchev–Trinajstić information content (AvgIpc) is 3.41. The number of hydrogen-bond acceptors (Lipinski definition) is 6. The topological polar surface area (TPSA) is 72.2 Å². The van der Waals surface area contributed by atoms with Crippen molar-refractivity contribution < 1.29 is 4.79 Å². The monoisotopic (exact) mass is 449 g/mol. The van der Waals surface area contributed by atoms with E-state index in [9.17, 15) is 4.79 Å². The van der Waals surface area contributed by atoms with Gasteiger partial charge in [-0.3, -0.25) is 9.20 Å². The number of hydrogen-bond donors (Lipinski definition) is 1. The first-order chi connectivity index (χ1) is 15.2. The van der Waals surface area contributed by atoms with Crippen molar-refractivity contribution in [3.63, 3.8) is 0 Å². The standard InChI is InChI=1S/C23H23N5OS2/c1-13-5-4-6-15(11-13)24-18(29)12-30-23-27-26-21-19-16-7-2-3-8-17(16)31-22(19)25-20(28(21)23)14-9-10-14/h4-6,11,14H,2-3,7-10,12H2,1H3,(H,24,29). The Morgan fingerprint density at radius 3 is 2.97 bits per heavy atom. The van der Waals surface area contributed by atoms with Crippen molar-refractivity contribution in [2.75, 3.05) is 11.1 Å². The Kier molecular flexibility index (Phi) is 4.72. The number of carbonyl (C=O) groups is 1. The van der Waals surface area contributed by atoms with Gasteiger partial charge in [0.25, 0.3) is 0 Å². The highest BCUT2D eigenvalue weighted by Gasteiger charge is 2.32. The summed E-state index contributed by atoms with van der Waals surface area (Å²) in [5.74, 6) is 1.79. The molecule has 8 heteroatoms. The quantitative estimate of drug-likeness (QED) is 0.428. The van der Waals surface area contributed by atoms with Crippen molar-refractivity contribution in [1.29, 1.82) is 0 Å². The lowest BCUT2D eigenvalue weighted by Gasteiger charge is -2.11. The summed E-state index contributed by atoms with van der Waals surface area (Å²) in [7, 11) is 0. The maximum atomic E-state index is 12.5. The molecule has 0 atom stereocenters. The zero-order chi connectivity index (χ0) is 20.9. The van der Waals surface area contributed by atoms with Gasteiger partial charge in [-0.2, -0.15) is 0 Å². The van der Waals surface area contributed by atoms with E-state index in [0.717, 1.165) is 58.4 Å². The highest BCUT2D eigenvalue weighted by molar-refractivity contribution is 7.99. The number of nitrogens with zero attached hydrogens (tertiary/aromatic N) is 4. The van der Waals surface area contributed by atoms with Crippen molar-refractivity contribution in [3.8, 4) is 0 Å². The number of benzene rings is 1. The molecule has 2 aliphatic rings. The summed E-state index contributed by atoms with van der Waals surface area (Å²) < 4.78 is 2.13. The molecule has 0 bridgehead atoms. The Morgan fingerprint density at radius 2 is 2.13 bits per heavy atom. The van der Waals surface area contributed by atoms with Crippen LogP contribution < -0.4 is 5.32 Å². The van der Waals surface area contributed by atoms with Gasteiger partial charge in [-0.1, -0.05) is 23.9 Å². The third-order valence-corrected chi connectivity index (χ3v) is 8.15. The molecule has 3 heterocycles. The lowest BCUT2D eigenvalue weighted by Crippen LogP contribution is -2.14. The van der Waals surface area contributed by atoms with Crippen molar-refractivity contribution in [2.45, 2.75) is 56.5 Å². The Bertz CT molecular complexity index is 1320. The van der Waals surface area contributed by atoms with E-state index in [1.165, 1.54) is 40.4 Å². The normalized spacial score (nSPS) is 16.0. The van der Waals surface area contributed by atoms with Gasteiger partial charge in [0.1, 0.15) is 10.7 Å². The molecule has 0 radical (unpaired) electrons. The maximum Gasteiger partial charge on any atom is 0.234 e. The molecule has 1 N–H and O–H groups in total. The third-order valence-electron chi connectivity index (χ3n) is 6.03. The van der Waals surface area contributed by atoms with Crippen LogP contribution in [0.3, 0.4) is 0 Å². The van der Waals surface area contributed by atoms with E-state index >= 15 is 0 Å². The zero-order valence-corrected chi connectivity index (χ0v) is 19.0. The lowest BCUT2D eigenvalue weighted by atomic mass is 9.97. The van der Waals surface area contributed by atoms with Crippen LogP contribution in [0.1, 0.15) is 53.4 Å². The van der Waals surface area contributed by atoms with Gasteiger partial charge in [-0.15, -0.1) is 21.5 Å². The van der Waals surface area contributed by atoms with E-state index < -0.39 is 0 Å². The number of nitrogens with one attached hydrogen (secondary N) is 1. The first-order valence-electron chi connectivity index (χ1n) is 10.9. The number of carbonyl (C=O) groups excluding carboxylic acids is 1. The SMILES string of the molecule is Cc1cccc(NC(=O)CSc2nnc3c4c5c(sc4nc(C4CC4)n23)CCCC5)c1. The van der Waals surface area contributed by atoms with Gasteiger partial charge >= 0.3 is 0 Å². The highest BCUT2D eigenvalue weighted by Crippen LogP contribution is 2.44. The summed E-state index contributed by atoms with van der Waals surface area (Å²) in [6.45, 7) is 2.02. The van der Waals surface area contributed by atoms with Crippen molar-refractivity contribution in [3.05, 3.63) is 46.1 Å². The first-order valence-corrected chi connectivity index (χ1v) is 12.7. The number of thiophene rings is 1. The molecule has 4 aromatic rings. The van der Waals surface area contributed by atoms with Crippen LogP contribution in [0.15, 0.2) is 29.4 Å². The highest BCUT2D eigenvalue weighted by atomic mass is 32.2. The summed E-state index contributed by atoms with van der Waals surface area (Å²) in [5, 5.41) is 14.0. The second-order valence-corrected chi connectivity index (χ2v) is 10.5. The van der Waals surface area contributed by atoms with E-state index in [1.54, 1.807) is 0 Å². The van der Waals surface area contributed by atoms with Crippen LogP contribution in [0, 0.1) is 6.92 Å². The number of rotatable bonds is 5. The fourth-order valence-corrected chi connectivity index (χ4v) is 6.41. The van der Waals surface area contributed by atoms with Crippen LogP contribution >= 0.6 is 23.1 Å². The first kappa shape index (κ1) is 19.3. The number of aromatic nitrogens is 4. The second-order valence-electron chi connectivity index (χ2n) is 8.48. The molecule has 31 heavy (non-hydrogen) atoms. The van der Waals surface area contributed by atoms with Gasteiger partial charge in [0.2, 0.25) is 5.91 Å². The molecule has 1 fully saturated rings. The Morgan fingerprint density at radius 1 is 1.26 bits per heavy atom. The fourth-order valence-electron chi connectivity index (χ4n) is 4.41. The zero-order valence-electron chi connectivity index (χ0n) is 17.4. The molecule has 0 spiro atoms. The Hall–Kier alpha value is -2.45. The maximum absolute atomic E-state index is 12.5. The fraction of sp³-hybridized carbons (Fsp3) is 0.391. The molecule has 1 aromatic carbocycles. The van der Waals surface area contributed by atoms with Crippen LogP contribution in [0.2, 0.25) is 0 Å². The van der Waals surface area contributed by atoms with Gasteiger partial charge in [0.15, 0.2) is 10.8 Å². The summed E-state index contributed by atoms with van der Waals surface area (Å²) in [4.78, 5) is 20.2. The lowest BCUT2D eigenvalue weighted by molar-refractivity contribution is -0.113. The van der Waals surface area contributed by atoms with Crippen LogP contribution in [0.25, 0.3) is 15.9 Å². The number of fused-ring (bicyclic) bond motifs is 5. The molecule has 0 aliphatic heterocycles. The second kappa shape index (κ2) is 7.60. The van der Waals surface area contributed by atoms with Crippen molar-refractivity contribution in [2.24, 2.45) is 0 Å². The van der Waals surface area contributed by atoms with Gasteiger partial charge < -0.3 is 5.32 Å². The van der Waals surface area contributed by atoms with Crippen molar-refractivity contribution >= 4 is 50.6 Å². The third kappa shape index (κ3) is 3.51. The van der Waals surface area contributed by atoms with Crippen LogP contribution in [-0.4, -0.2) is 31.2 Å². The Balaban J connectivity index is 1.34. The van der Waals surface area contributed by atoms with E-state index in [4.69, 9.17) is 4.98 Å². The van der Waals surface area contributed by atoms with E-state index in [-0.39, 0.29) is 5.91 Å². The van der Waals surface area contributed by atoms with Gasteiger partial charge in [0, 0.05) is 16.5 Å². The van der Waals surface area contributed by atoms with Crippen molar-refractivity contribution in [1.82, 2.24) is 19.6 Å². The number of thioether (sulfide) groups is 1. The molecule has 0 unspecified atom stereocenters. The molecule has 6 nitrogen and oxygen atoms in total. The average molecular weight is 450 g/mol. The van der Waals surface area contributed by atoms with E-state index in [0.29, 0.717) is 11.7 Å². The predicted octanol–water partition coefficient (Wildman–Crippen LogP) is 5.13. The summed E-state index contributed by atoms with van der Waals surface area (Å²) in [6, 6.07) is 7.85. The molecule has 1 saturated carbocycles. The summed E-state index contributed by atoms with van der Waals surface area (Å²) in [6.07, 6.45) is 7.06. The number of anilines is 1. The Labute approximate surface area is 188 Å². The summed E-state index contributed by atoms with van der Waals surface area (Å²) in [5.41, 5.74) is 4.29. The van der Waals surface area contributed by atoms with Crippen LogP contribution in [0.4, 0.5) is 5.69 Å². The van der Waals surface area contributed by atoms with Gasteiger partial charge in [0.05, 0.1) is 11.1 Å². The molecular weight excluding hydrogens is 426 g/mol. The molecule has 158 valence electrons. The number of aryl methyl sites for hydroxylation is 3. The molecular formula is C23H23N5OS2. The molecule has 6 rings (SSSR count). The number of amides is 1. The van der Waals surface area contributed by atoms with Gasteiger partial charge in [-0.05, 0) is 68.7 Å². The smallest absolute Gasteiger partial charge is 0.234 e. The van der Waals surface area contributed by atoms with Crippen LogP contribution in [0.5, 0.6) is 0 Å². The largest absolute Gasteiger partial charge is 0.325 e. The molecule has 0 saturated heterocycles. The van der Waals surface area contributed by atoms with E-state index in [2.05, 4.69) is 19.9 Å². The molecule has 2 aliphatic carbocycles. The van der Waals surface area contributed by atoms with Gasteiger partial charge in [-0.25, -0.2) is 4.98 Å². The molecule has 3 aromatic heterocycles. The predicted molar refractivity (Wildman–Crippen MR) is 125 cm³/mol. The minimum atomic E-state index is -0.0396. The minimum Gasteiger partial charge on any atom is -0.325 e. The summed E-state index contributed by atoms with van der Waals surface area (Å²) >= 11 is 3.28. The molecule has 1 amide bonds.